The summed E-state index contributed by atoms with van der Waals surface area (Å²) in [6.07, 6.45) is 0. The lowest BCUT2D eigenvalue weighted by molar-refractivity contribution is -0.128. The molecular formula is C21H20FN3O3. The van der Waals surface area contributed by atoms with Crippen LogP contribution in [-0.4, -0.2) is 28.9 Å². The van der Waals surface area contributed by atoms with Crippen LogP contribution < -0.4 is 5.32 Å². The molecule has 2 aromatic carbocycles. The number of aryl methyl sites for hydroxylation is 1. The van der Waals surface area contributed by atoms with Gasteiger partial charge in [0.05, 0.1) is 0 Å². The zero-order valence-corrected chi connectivity index (χ0v) is 15.8. The highest BCUT2D eigenvalue weighted by Crippen LogP contribution is 2.26. The number of amides is 2. The molecule has 0 bridgehead atoms. The van der Waals surface area contributed by atoms with E-state index in [1.165, 1.54) is 19.1 Å². The number of nitrogens with zero attached hydrogens (tertiary/aromatic N) is 2. The highest BCUT2D eigenvalue weighted by molar-refractivity contribution is 6.08. The second-order valence-corrected chi connectivity index (χ2v) is 6.50. The van der Waals surface area contributed by atoms with E-state index in [0.29, 0.717) is 29.2 Å². The topological polar surface area (TPSA) is 75.4 Å². The van der Waals surface area contributed by atoms with Crippen molar-refractivity contribution < 1.29 is 18.5 Å². The number of aromatic nitrogens is 1. The Labute approximate surface area is 161 Å². The lowest BCUT2D eigenvalue weighted by atomic mass is 10.1. The summed E-state index contributed by atoms with van der Waals surface area (Å²) in [7, 11) is 1.71. The Bertz CT molecular complexity index is 1010. The van der Waals surface area contributed by atoms with Gasteiger partial charge in [0.15, 0.2) is 0 Å². The van der Waals surface area contributed by atoms with E-state index in [1.54, 1.807) is 49.2 Å². The minimum atomic E-state index is -0.379. The van der Waals surface area contributed by atoms with Crippen LogP contribution in [-0.2, 0) is 11.3 Å². The van der Waals surface area contributed by atoms with Gasteiger partial charge in [-0.25, -0.2) is 4.39 Å². The molecule has 3 aromatic rings. The molecule has 2 amide bonds. The van der Waals surface area contributed by atoms with Crippen molar-refractivity contribution in [1.29, 1.82) is 0 Å². The molecule has 0 saturated heterocycles. The molecule has 1 heterocycles. The van der Waals surface area contributed by atoms with E-state index >= 15 is 0 Å². The lowest BCUT2D eigenvalue weighted by Crippen LogP contribution is -2.23. The van der Waals surface area contributed by atoms with Crippen LogP contribution in [0, 0.1) is 12.7 Å². The van der Waals surface area contributed by atoms with Gasteiger partial charge in [-0.3, -0.25) is 9.59 Å². The summed E-state index contributed by atoms with van der Waals surface area (Å²) in [5, 5.41) is 6.79. The van der Waals surface area contributed by atoms with E-state index < -0.39 is 0 Å². The molecule has 1 aromatic heterocycles. The number of anilines is 1. The van der Waals surface area contributed by atoms with Gasteiger partial charge >= 0.3 is 0 Å². The Balaban J connectivity index is 1.83. The van der Waals surface area contributed by atoms with Gasteiger partial charge < -0.3 is 14.7 Å². The number of nitrogens with one attached hydrogen (secondary N) is 1. The maximum Gasteiger partial charge on any atom is 0.261 e. The first-order chi connectivity index (χ1) is 13.3. The first-order valence-electron chi connectivity index (χ1n) is 8.69. The summed E-state index contributed by atoms with van der Waals surface area (Å²) >= 11 is 0. The Kier molecular flexibility index (Phi) is 5.54. The molecular weight excluding hydrogens is 361 g/mol. The Hall–Kier alpha value is -3.48. The van der Waals surface area contributed by atoms with Gasteiger partial charge in [0.2, 0.25) is 5.91 Å². The first-order valence-corrected chi connectivity index (χ1v) is 8.69. The summed E-state index contributed by atoms with van der Waals surface area (Å²) in [5.41, 5.74) is 2.70. The fraction of sp³-hybridized carbons (Fsp3) is 0.190. The van der Waals surface area contributed by atoms with Gasteiger partial charge in [-0.1, -0.05) is 17.3 Å². The third-order valence-corrected chi connectivity index (χ3v) is 4.35. The maximum atomic E-state index is 13.2. The molecule has 0 atom stereocenters. The third-order valence-electron chi connectivity index (χ3n) is 4.35. The molecule has 144 valence electrons. The standard InChI is InChI=1S/C21H20FN3O3/c1-13-19(20(24-28-13)16-7-9-17(22)10-8-16)21(27)23-18-6-4-5-15(11-18)12-25(3)14(2)26/h4-11H,12H2,1-3H3,(H,23,27). The zero-order chi connectivity index (χ0) is 20.3. The second kappa shape index (κ2) is 8.04. The number of hydrogen-bond acceptors (Lipinski definition) is 4. The summed E-state index contributed by atoms with van der Waals surface area (Å²) < 4.78 is 18.4. The van der Waals surface area contributed by atoms with Gasteiger partial charge in [0, 0.05) is 31.8 Å². The van der Waals surface area contributed by atoms with Gasteiger partial charge in [-0.05, 0) is 48.9 Å². The van der Waals surface area contributed by atoms with Crippen molar-refractivity contribution in [3.05, 3.63) is 71.2 Å². The van der Waals surface area contributed by atoms with Crippen molar-refractivity contribution in [3.63, 3.8) is 0 Å². The number of hydrogen-bond donors (Lipinski definition) is 1. The van der Waals surface area contributed by atoms with Gasteiger partial charge in [-0.15, -0.1) is 0 Å². The molecule has 7 heteroatoms. The van der Waals surface area contributed by atoms with Crippen LogP contribution in [0.5, 0.6) is 0 Å². The summed E-state index contributed by atoms with van der Waals surface area (Å²) in [6, 6.07) is 12.9. The number of halogens is 1. The van der Waals surface area contributed by atoms with Crippen molar-refractivity contribution in [2.24, 2.45) is 0 Å². The molecule has 0 fully saturated rings. The predicted octanol–water partition coefficient (Wildman–Crippen LogP) is 4.02. The van der Waals surface area contributed by atoms with E-state index in [9.17, 15) is 14.0 Å². The molecule has 1 N–H and O–H groups in total. The number of carbonyl (C=O) groups excluding carboxylic acids is 2. The molecule has 0 saturated carbocycles. The van der Waals surface area contributed by atoms with Gasteiger partial charge in [0.1, 0.15) is 22.8 Å². The highest BCUT2D eigenvalue weighted by atomic mass is 19.1. The molecule has 0 spiro atoms. The van der Waals surface area contributed by atoms with Gasteiger partial charge in [0.25, 0.3) is 5.91 Å². The average molecular weight is 381 g/mol. The van der Waals surface area contributed by atoms with E-state index in [0.717, 1.165) is 5.56 Å². The zero-order valence-electron chi connectivity index (χ0n) is 15.8. The quantitative estimate of drug-likeness (QED) is 0.724. The molecule has 0 unspecified atom stereocenters. The molecule has 6 nitrogen and oxygen atoms in total. The van der Waals surface area contributed by atoms with Crippen molar-refractivity contribution in [3.8, 4) is 11.3 Å². The van der Waals surface area contributed by atoms with E-state index in [2.05, 4.69) is 10.5 Å². The number of benzene rings is 2. The van der Waals surface area contributed by atoms with Crippen molar-refractivity contribution >= 4 is 17.5 Å². The highest BCUT2D eigenvalue weighted by Gasteiger charge is 2.22. The third kappa shape index (κ3) is 4.25. The molecule has 3 rings (SSSR count). The van der Waals surface area contributed by atoms with Crippen LogP contribution in [0.25, 0.3) is 11.3 Å². The fourth-order valence-corrected chi connectivity index (χ4v) is 2.77. The number of rotatable bonds is 5. The van der Waals surface area contributed by atoms with Gasteiger partial charge in [-0.2, -0.15) is 0 Å². The molecule has 0 aliphatic rings. The van der Waals surface area contributed by atoms with Crippen LogP contribution >= 0.6 is 0 Å². The molecule has 0 aliphatic carbocycles. The summed E-state index contributed by atoms with van der Waals surface area (Å²) in [6.45, 7) is 3.58. The second-order valence-electron chi connectivity index (χ2n) is 6.50. The van der Waals surface area contributed by atoms with Crippen molar-refractivity contribution in [2.75, 3.05) is 12.4 Å². The van der Waals surface area contributed by atoms with Crippen LogP contribution in [0.1, 0.15) is 28.6 Å². The minimum absolute atomic E-state index is 0.0431. The Morgan fingerprint density at radius 3 is 2.57 bits per heavy atom. The SMILES string of the molecule is CC(=O)N(C)Cc1cccc(NC(=O)c2c(-c3ccc(F)cc3)noc2C)c1. The van der Waals surface area contributed by atoms with Crippen molar-refractivity contribution in [1.82, 2.24) is 10.1 Å². The maximum absolute atomic E-state index is 13.2. The van der Waals surface area contributed by atoms with Crippen LogP contribution in [0.3, 0.4) is 0 Å². The molecule has 0 aliphatic heterocycles. The minimum Gasteiger partial charge on any atom is -0.360 e. The van der Waals surface area contributed by atoms with E-state index in [4.69, 9.17) is 4.52 Å². The smallest absolute Gasteiger partial charge is 0.261 e. The Morgan fingerprint density at radius 2 is 1.89 bits per heavy atom. The molecule has 28 heavy (non-hydrogen) atoms. The first kappa shape index (κ1) is 19.3. The summed E-state index contributed by atoms with van der Waals surface area (Å²) in [5.74, 6) is -0.430. The fourth-order valence-electron chi connectivity index (χ4n) is 2.77. The normalized spacial score (nSPS) is 10.6. The Morgan fingerprint density at radius 1 is 1.18 bits per heavy atom. The predicted molar refractivity (Wildman–Crippen MR) is 103 cm³/mol. The van der Waals surface area contributed by atoms with Crippen LogP contribution in [0.4, 0.5) is 10.1 Å². The molecule has 0 radical (unpaired) electrons. The van der Waals surface area contributed by atoms with Crippen molar-refractivity contribution in [2.45, 2.75) is 20.4 Å². The van der Waals surface area contributed by atoms with Crippen LogP contribution in [0.2, 0.25) is 0 Å². The lowest BCUT2D eigenvalue weighted by Gasteiger charge is -2.15. The number of carbonyl (C=O) groups is 2. The van der Waals surface area contributed by atoms with E-state index in [1.807, 2.05) is 6.07 Å². The largest absolute Gasteiger partial charge is 0.360 e. The monoisotopic (exact) mass is 381 g/mol. The van der Waals surface area contributed by atoms with E-state index in [-0.39, 0.29) is 23.2 Å². The average Bonchev–Trinajstić information content (AvgIpc) is 3.04. The van der Waals surface area contributed by atoms with Crippen LogP contribution in [0.15, 0.2) is 53.1 Å². The summed E-state index contributed by atoms with van der Waals surface area (Å²) in [4.78, 5) is 25.8.